The molecule has 2 rings (SSSR count). The molecule has 0 bridgehead atoms. The Bertz CT molecular complexity index is 622. The summed E-state index contributed by atoms with van der Waals surface area (Å²) in [4.78, 5) is 11.7. The van der Waals surface area contributed by atoms with Crippen molar-refractivity contribution in [3.05, 3.63) is 42.0 Å². The van der Waals surface area contributed by atoms with Gasteiger partial charge in [-0.25, -0.2) is 0 Å². The molecule has 0 unspecified atom stereocenters. The van der Waals surface area contributed by atoms with Gasteiger partial charge in [-0.2, -0.15) is 0 Å². The van der Waals surface area contributed by atoms with Crippen LogP contribution in [0.1, 0.15) is 19.4 Å². The average Bonchev–Trinajstić information content (AvgIpc) is 2.38. The van der Waals surface area contributed by atoms with E-state index >= 15 is 0 Å². The maximum absolute atomic E-state index is 11.7. The third-order valence-corrected chi connectivity index (χ3v) is 3.04. The molecule has 0 saturated carbocycles. The smallest absolute Gasteiger partial charge is 0.323 e. The topological polar surface area (TPSA) is 72.5 Å². The highest BCUT2D eigenvalue weighted by molar-refractivity contribution is 5.85. The zero-order valence-electron chi connectivity index (χ0n) is 11.7. The van der Waals surface area contributed by atoms with E-state index in [0.717, 1.165) is 10.8 Å². The molecule has 0 radical (unpaired) electrons. The Kier molecular flexibility index (Phi) is 4.25. The van der Waals surface area contributed by atoms with E-state index in [1.54, 1.807) is 19.9 Å². The molecule has 106 valence electrons. The molecule has 0 fully saturated rings. The van der Waals surface area contributed by atoms with Crippen molar-refractivity contribution in [1.82, 2.24) is 0 Å². The summed E-state index contributed by atoms with van der Waals surface area (Å²) in [5.74, 6) is -0.302. The largest absolute Gasteiger partial charge is 0.508 e. The predicted molar refractivity (Wildman–Crippen MR) is 78.5 cm³/mol. The highest BCUT2D eigenvalue weighted by atomic mass is 16.5. The maximum atomic E-state index is 11.7. The van der Waals surface area contributed by atoms with E-state index in [0.29, 0.717) is 5.56 Å². The van der Waals surface area contributed by atoms with Gasteiger partial charge in [0.15, 0.2) is 0 Å². The molecule has 4 nitrogen and oxygen atoms in total. The van der Waals surface area contributed by atoms with Crippen molar-refractivity contribution in [3.63, 3.8) is 0 Å². The van der Waals surface area contributed by atoms with Crippen molar-refractivity contribution in [2.24, 2.45) is 5.73 Å². The molecule has 0 aromatic heterocycles. The fourth-order valence-corrected chi connectivity index (χ4v) is 2.08. The first-order chi connectivity index (χ1) is 9.47. The van der Waals surface area contributed by atoms with Gasteiger partial charge in [0, 0.05) is 6.42 Å². The van der Waals surface area contributed by atoms with Gasteiger partial charge >= 0.3 is 5.97 Å². The van der Waals surface area contributed by atoms with Gasteiger partial charge < -0.3 is 15.6 Å². The Balaban J connectivity index is 2.20. The molecule has 3 N–H and O–H groups in total. The molecule has 0 amide bonds. The number of hydrogen-bond acceptors (Lipinski definition) is 4. The van der Waals surface area contributed by atoms with Crippen molar-refractivity contribution in [2.75, 3.05) is 0 Å². The van der Waals surface area contributed by atoms with Crippen LogP contribution >= 0.6 is 0 Å². The van der Waals surface area contributed by atoms with Crippen LogP contribution in [0.2, 0.25) is 0 Å². The number of benzene rings is 2. The minimum absolute atomic E-state index is 0.150. The van der Waals surface area contributed by atoms with Crippen LogP contribution in [0.5, 0.6) is 5.75 Å². The van der Waals surface area contributed by atoms with Crippen LogP contribution in [0.25, 0.3) is 10.8 Å². The second kappa shape index (κ2) is 5.92. The average molecular weight is 273 g/mol. The van der Waals surface area contributed by atoms with E-state index in [2.05, 4.69) is 0 Å². The summed E-state index contributed by atoms with van der Waals surface area (Å²) in [6.07, 6.45) is 0.0566. The van der Waals surface area contributed by atoms with Crippen LogP contribution < -0.4 is 5.73 Å². The third kappa shape index (κ3) is 3.27. The summed E-state index contributed by atoms with van der Waals surface area (Å²) in [6, 6.07) is 10.5. The van der Waals surface area contributed by atoms with Crippen LogP contribution in [-0.4, -0.2) is 23.2 Å². The SMILES string of the molecule is CC(C)OC(=O)[C@@H](N)Cc1cc2ccccc2cc1O. The number of fused-ring (bicyclic) bond motifs is 1. The van der Waals surface area contributed by atoms with Crippen LogP contribution in [0.4, 0.5) is 0 Å². The first kappa shape index (κ1) is 14.3. The fourth-order valence-electron chi connectivity index (χ4n) is 2.08. The van der Waals surface area contributed by atoms with E-state index in [-0.39, 0.29) is 18.3 Å². The lowest BCUT2D eigenvalue weighted by atomic mass is 10.0. The van der Waals surface area contributed by atoms with Crippen LogP contribution in [0.15, 0.2) is 36.4 Å². The minimum atomic E-state index is -0.774. The molecular weight excluding hydrogens is 254 g/mol. The molecule has 4 heteroatoms. The van der Waals surface area contributed by atoms with Gasteiger partial charge in [0.2, 0.25) is 0 Å². The first-order valence-electron chi connectivity index (χ1n) is 6.64. The van der Waals surface area contributed by atoms with Gasteiger partial charge in [-0.15, -0.1) is 0 Å². The highest BCUT2D eigenvalue weighted by Crippen LogP contribution is 2.25. The third-order valence-electron chi connectivity index (χ3n) is 3.04. The van der Waals surface area contributed by atoms with E-state index < -0.39 is 12.0 Å². The van der Waals surface area contributed by atoms with Crippen molar-refractivity contribution in [2.45, 2.75) is 32.4 Å². The minimum Gasteiger partial charge on any atom is -0.508 e. The Morgan fingerprint density at radius 1 is 1.25 bits per heavy atom. The molecule has 2 aromatic carbocycles. The lowest BCUT2D eigenvalue weighted by Gasteiger charge is -2.15. The lowest BCUT2D eigenvalue weighted by molar-refractivity contribution is -0.148. The summed E-state index contributed by atoms with van der Waals surface area (Å²) >= 11 is 0. The van der Waals surface area contributed by atoms with Gasteiger partial charge in [0.25, 0.3) is 0 Å². The zero-order valence-corrected chi connectivity index (χ0v) is 11.7. The number of carbonyl (C=O) groups is 1. The predicted octanol–water partition coefficient (Wildman–Crippen LogP) is 2.37. The highest BCUT2D eigenvalue weighted by Gasteiger charge is 2.18. The van der Waals surface area contributed by atoms with Crippen molar-refractivity contribution in [1.29, 1.82) is 0 Å². The number of hydrogen-bond donors (Lipinski definition) is 2. The number of rotatable bonds is 4. The molecule has 0 saturated heterocycles. The summed E-state index contributed by atoms with van der Waals surface area (Å²) in [5.41, 5.74) is 6.47. The summed E-state index contributed by atoms with van der Waals surface area (Å²) in [6.45, 7) is 3.55. The summed E-state index contributed by atoms with van der Waals surface area (Å²) in [7, 11) is 0. The molecule has 0 aliphatic carbocycles. The van der Waals surface area contributed by atoms with E-state index in [9.17, 15) is 9.90 Å². The Morgan fingerprint density at radius 2 is 1.85 bits per heavy atom. The van der Waals surface area contributed by atoms with Crippen molar-refractivity contribution < 1.29 is 14.6 Å². The number of esters is 1. The Labute approximate surface area is 118 Å². The quantitative estimate of drug-likeness (QED) is 0.839. The maximum Gasteiger partial charge on any atom is 0.323 e. The molecule has 0 aliphatic rings. The van der Waals surface area contributed by atoms with E-state index in [4.69, 9.17) is 10.5 Å². The number of aromatic hydroxyl groups is 1. The second-order valence-corrected chi connectivity index (χ2v) is 5.12. The van der Waals surface area contributed by atoms with Crippen LogP contribution in [0, 0.1) is 0 Å². The molecular formula is C16H19NO3. The molecule has 0 heterocycles. The number of ether oxygens (including phenoxy) is 1. The van der Waals surface area contributed by atoms with E-state index in [1.165, 1.54) is 0 Å². The summed E-state index contributed by atoms with van der Waals surface area (Å²) in [5, 5.41) is 12.0. The van der Waals surface area contributed by atoms with Crippen molar-refractivity contribution in [3.8, 4) is 5.75 Å². The van der Waals surface area contributed by atoms with Gasteiger partial charge in [0.05, 0.1) is 6.10 Å². The number of nitrogens with two attached hydrogens (primary N) is 1. The van der Waals surface area contributed by atoms with Gasteiger partial charge in [0.1, 0.15) is 11.8 Å². The van der Waals surface area contributed by atoms with Gasteiger partial charge in [-0.1, -0.05) is 24.3 Å². The van der Waals surface area contributed by atoms with Crippen molar-refractivity contribution >= 4 is 16.7 Å². The Hall–Kier alpha value is -2.07. The Morgan fingerprint density at radius 3 is 2.45 bits per heavy atom. The first-order valence-corrected chi connectivity index (χ1v) is 6.64. The molecule has 1 atom stereocenters. The normalized spacial score (nSPS) is 12.6. The van der Waals surface area contributed by atoms with Gasteiger partial charge in [-0.05, 0) is 42.3 Å². The second-order valence-electron chi connectivity index (χ2n) is 5.12. The molecule has 0 aliphatic heterocycles. The van der Waals surface area contributed by atoms with Crippen LogP contribution in [-0.2, 0) is 16.0 Å². The summed E-state index contributed by atoms with van der Waals surface area (Å²) < 4.78 is 5.07. The monoisotopic (exact) mass is 273 g/mol. The standard InChI is InChI=1S/C16H19NO3/c1-10(2)20-16(19)14(17)8-13-7-11-5-3-4-6-12(11)9-15(13)18/h3-7,9-10,14,18H,8,17H2,1-2H3/t14-/m0/s1. The zero-order chi connectivity index (χ0) is 14.7. The number of phenols is 1. The molecule has 2 aromatic rings. The number of carbonyl (C=O) groups excluding carboxylic acids is 1. The van der Waals surface area contributed by atoms with Crippen LogP contribution in [0.3, 0.4) is 0 Å². The fraction of sp³-hybridized carbons (Fsp3) is 0.312. The van der Waals surface area contributed by atoms with E-state index in [1.807, 2.05) is 30.3 Å². The molecule has 20 heavy (non-hydrogen) atoms. The lowest BCUT2D eigenvalue weighted by Crippen LogP contribution is -2.35. The molecule has 0 spiro atoms. The van der Waals surface area contributed by atoms with Gasteiger partial charge in [-0.3, -0.25) is 4.79 Å². The number of phenolic OH excluding ortho intramolecular Hbond substituents is 1.